The molecule has 1 aromatic heterocycles. The van der Waals surface area contributed by atoms with Crippen molar-refractivity contribution in [2.75, 3.05) is 39.3 Å². The second-order valence-electron chi connectivity index (χ2n) is 7.30. The van der Waals surface area contributed by atoms with Gasteiger partial charge in [0.1, 0.15) is 0 Å². The topological polar surface area (TPSA) is 65.5 Å². The molecule has 6 nitrogen and oxygen atoms in total. The lowest BCUT2D eigenvalue weighted by Crippen LogP contribution is -2.48. The van der Waals surface area contributed by atoms with Crippen molar-refractivity contribution < 1.29 is 9.59 Å². The first-order valence-corrected chi connectivity index (χ1v) is 10.1. The fourth-order valence-corrected chi connectivity index (χ4v) is 3.70. The summed E-state index contributed by atoms with van der Waals surface area (Å²) in [6, 6.07) is 1.66. The number of rotatable bonds is 6. The lowest BCUT2D eigenvalue weighted by molar-refractivity contribution is 0.0643. The molecule has 0 bridgehead atoms. The van der Waals surface area contributed by atoms with Gasteiger partial charge in [0.05, 0.1) is 11.1 Å². The zero-order valence-electron chi connectivity index (χ0n) is 16.2. The van der Waals surface area contributed by atoms with Crippen LogP contribution in [0.2, 0.25) is 0 Å². The Kier molecular flexibility index (Phi) is 6.98. The summed E-state index contributed by atoms with van der Waals surface area (Å²) in [6.07, 6.45) is 11.1. The molecule has 2 aliphatic rings. The molecule has 0 saturated carbocycles. The highest BCUT2D eigenvalue weighted by Crippen LogP contribution is 2.19. The van der Waals surface area contributed by atoms with Gasteiger partial charge < -0.3 is 15.1 Å². The third kappa shape index (κ3) is 5.39. The van der Waals surface area contributed by atoms with Crippen LogP contribution >= 0.6 is 0 Å². The Bertz CT molecular complexity index is 693. The Morgan fingerprint density at radius 2 is 1.89 bits per heavy atom. The Morgan fingerprint density at radius 3 is 2.59 bits per heavy atom. The van der Waals surface area contributed by atoms with Crippen LogP contribution in [0.4, 0.5) is 0 Å². The first kappa shape index (κ1) is 19.5. The van der Waals surface area contributed by atoms with Crippen LogP contribution in [0.1, 0.15) is 59.7 Å². The van der Waals surface area contributed by atoms with E-state index < -0.39 is 0 Å². The summed E-state index contributed by atoms with van der Waals surface area (Å²) in [4.78, 5) is 33.4. The highest BCUT2D eigenvalue weighted by molar-refractivity contribution is 5.99. The van der Waals surface area contributed by atoms with Crippen LogP contribution in [-0.4, -0.2) is 65.9 Å². The number of likely N-dealkylation sites (N-methyl/N-ethyl adjacent to an activating group) is 1. The Labute approximate surface area is 161 Å². The summed E-state index contributed by atoms with van der Waals surface area (Å²) >= 11 is 0. The molecule has 1 aliphatic carbocycles. The van der Waals surface area contributed by atoms with Crippen LogP contribution in [0.5, 0.6) is 0 Å². The molecular formula is C21H30N4O2. The summed E-state index contributed by atoms with van der Waals surface area (Å²) in [5.74, 6) is -0.204. The maximum absolute atomic E-state index is 12.7. The number of aromatic nitrogens is 1. The van der Waals surface area contributed by atoms with E-state index in [-0.39, 0.29) is 11.8 Å². The van der Waals surface area contributed by atoms with Gasteiger partial charge in [0.2, 0.25) is 0 Å². The van der Waals surface area contributed by atoms with Crippen LogP contribution in [0, 0.1) is 0 Å². The van der Waals surface area contributed by atoms with Crippen LogP contribution in [0.25, 0.3) is 0 Å². The highest BCUT2D eigenvalue weighted by atomic mass is 16.2. The first-order chi connectivity index (χ1) is 13.2. The number of carbonyl (C=O) groups excluding carboxylic acids is 2. The minimum atomic E-state index is -0.163. The number of hydrogen-bond acceptors (Lipinski definition) is 4. The summed E-state index contributed by atoms with van der Waals surface area (Å²) in [7, 11) is 0. The van der Waals surface area contributed by atoms with Crippen molar-refractivity contribution in [3.05, 3.63) is 41.2 Å². The summed E-state index contributed by atoms with van der Waals surface area (Å²) in [5.41, 5.74) is 2.38. The molecule has 6 heteroatoms. The van der Waals surface area contributed by atoms with E-state index >= 15 is 0 Å². The fourth-order valence-electron chi connectivity index (χ4n) is 3.70. The van der Waals surface area contributed by atoms with E-state index in [2.05, 4.69) is 28.2 Å². The maximum atomic E-state index is 12.7. The van der Waals surface area contributed by atoms with E-state index in [0.717, 1.165) is 52.0 Å². The second kappa shape index (κ2) is 9.65. The SMILES string of the molecule is CCN1CCN(C(=O)c2cncc(C(=O)NCCC3=CCCCC3)c2)CC1. The number of nitrogens with zero attached hydrogens (tertiary/aromatic N) is 3. The molecule has 2 amide bonds. The maximum Gasteiger partial charge on any atom is 0.255 e. The van der Waals surface area contributed by atoms with Crippen molar-refractivity contribution in [1.82, 2.24) is 20.1 Å². The van der Waals surface area contributed by atoms with E-state index in [9.17, 15) is 9.59 Å². The number of pyridine rings is 1. The van der Waals surface area contributed by atoms with Crippen molar-refractivity contribution in [2.24, 2.45) is 0 Å². The summed E-state index contributed by atoms with van der Waals surface area (Å²) in [5, 5.41) is 2.95. The average Bonchev–Trinajstić information content (AvgIpc) is 2.74. The van der Waals surface area contributed by atoms with Gasteiger partial charge in [0.15, 0.2) is 0 Å². The van der Waals surface area contributed by atoms with Crippen molar-refractivity contribution in [3.8, 4) is 0 Å². The van der Waals surface area contributed by atoms with Crippen molar-refractivity contribution >= 4 is 11.8 Å². The quantitative estimate of drug-likeness (QED) is 0.782. The smallest absolute Gasteiger partial charge is 0.255 e. The largest absolute Gasteiger partial charge is 0.352 e. The highest BCUT2D eigenvalue weighted by Gasteiger charge is 2.22. The lowest BCUT2D eigenvalue weighted by Gasteiger charge is -2.34. The van der Waals surface area contributed by atoms with E-state index in [1.807, 2.05) is 4.90 Å². The van der Waals surface area contributed by atoms with Crippen molar-refractivity contribution in [1.29, 1.82) is 0 Å². The van der Waals surface area contributed by atoms with E-state index in [1.165, 1.54) is 24.6 Å². The van der Waals surface area contributed by atoms with Gasteiger partial charge >= 0.3 is 0 Å². The molecule has 2 heterocycles. The minimum Gasteiger partial charge on any atom is -0.352 e. The molecule has 0 unspecified atom stereocenters. The van der Waals surface area contributed by atoms with Gasteiger partial charge in [-0.15, -0.1) is 0 Å². The van der Waals surface area contributed by atoms with Crippen LogP contribution in [0.15, 0.2) is 30.1 Å². The van der Waals surface area contributed by atoms with Gasteiger partial charge in [-0.2, -0.15) is 0 Å². The molecule has 1 saturated heterocycles. The third-order valence-electron chi connectivity index (χ3n) is 5.47. The van der Waals surface area contributed by atoms with Crippen LogP contribution in [0.3, 0.4) is 0 Å². The van der Waals surface area contributed by atoms with Crippen LogP contribution in [-0.2, 0) is 0 Å². The van der Waals surface area contributed by atoms with Gasteiger partial charge in [-0.05, 0) is 44.7 Å². The molecule has 146 valence electrons. The molecule has 3 rings (SSSR count). The molecular weight excluding hydrogens is 340 g/mol. The standard InChI is InChI=1S/C21H30N4O2/c1-2-24-10-12-25(13-11-24)21(27)19-14-18(15-22-16-19)20(26)23-9-8-17-6-4-3-5-7-17/h6,14-16H,2-5,7-13H2,1H3,(H,23,26). The minimum absolute atomic E-state index is 0.0414. The van der Waals surface area contributed by atoms with Crippen molar-refractivity contribution in [3.63, 3.8) is 0 Å². The summed E-state index contributed by atoms with van der Waals surface area (Å²) in [6.45, 7) is 7.00. The Hall–Kier alpha value is -2.21. The first-order valence-electron chi connectivity index (χ1n) is 10.1. The fraction of sp³-hybridized carbons (Fsp3) is 0.571. The third-order valence-corrected chi connectivity index (χ3v) is 5.47. The van der Waals surface area contributed by atoms with Gasteiger partial charge in [0.25, 0.3) is 11.8 Å². The number of hydrogen-bond donors (Lipinski definition) is 1. The lowest BCUT2D eigenvalue weighted by atomic mass is 9.97. The number of piperazine rings is 1. The molecule has 0 aromatic carbocycles. The van der Waals surface area contributed by atoms with Gasteiger partial charge in [-0.25, -0.2) is 0 Å². The van der Waals surface area contributed by atoms with E-state index in [1.54, 1.807) is 12.3 Å². The Morgan fingerprint density at radius 1 is 1.11 bits per heavy atom. The van der Waals surface area contributed by atoms with Gasteiger partial charge in [-0.1, -0.05) is 18.6 Å². The second-order valence-corrected chi connectivity index (χ2v) is 7.30. The predicted molar refractivity (Wildman–Crippen MR) is 106 cm³/mol. The molecule has 0 spiro atoms. The molecule has 1 aliphatic heterocycles. The molecule has 0 radical (unpaired) electrons. The normalized spacial score (nSPS) is 18.1. The molecule has 1 fully saturated rings. The number of amides is 2. The molecule has 1 N–H and O–H groups in total. The number of nitrogens with one attached hydrogen (secondary N) is 1. The number of allylic oxidation sites excluding steroid dienone is 1. The zero-order valence-corrected chi connectivity index (χ0v) is 16.2. The Balaban J connectivity index is 1.53. The molecule has 27 heavy (non-hydrogen) atoms. The predicted octanol–water partition coefficient (Wildman–Crippen LogP) is 2.48. The summed E-state index contributed by atoms with van der Waals surface area (Å²) < 4.78 is 0. The average molecular weight is 370 g/mol. The van der Waals surface area contributed by atoms with E-state index in [4.69, 9.17) is 0 Å². The van der Waals surface area contributed by atoms with Crippen LogP contribution < -0.4 is 5.32 Å². The van der Waals surface area contributed by atoms with Gasteiger partial charge in [-0.3, -0.25) is 14.6 Å². The number of carbonyl (C=O) groups is 2. The van der Waals surface area contributed by atoms with Gasteiger partial charge in [0, 0.05) is 45.1 Å². The monoisotopic (exact) mass is 370 g/mol. The molecule has 0 atom stereocenters. The van der Waals surface area contributed by atoms with Crippen molar-refractivity contribution in [2.45, 2.75) is 39.0 Å². The van der Waals surface area contributed by atoms with E-state index in [0.29, 0.717) is 17.7 Å². The molecule has 1 aromatic rings. The zero-order chi connectivity index (χ0) is 19.1.